The molecule has 0 aliphatic heterocycles. The smallest absolute Gasteiger partial charge is 0.137 e. The second-order valence-electron chi connectivity index (χ2n) is 4.37. The van der Waals surface area contributed by atoms with E-state index in [2.05, 4.69) is 6.07 Å². The van der Waals surface area contributed by atoms with Crippen LogP contribution in [-0.2, 0) is 0 Å². The van der Waals surface area contributed by atoms with Gasteiger partial charge in [0.2, 0.25) is 0 Å². The first kappa shape index (κ1) is 12.2. The summed E-state index contributed by atoms with van der Waals surface area (Å²) in [5.41, 5.74) is 6.64. The zero-order valence-electron chi connectivity index (χ0n) is 9.74. The Labute approximate surface area is 106 Å². The molecule has 0 aromatic heterocycles. The van der Waals surface area contributed by atoms with E-state index in [1.165, 1.54) is 0 Å². The number of rotatable bonds is 4. The Bertz CT molecular complexity index is 463. The van der Waals surface area contributed by atoms with Crippen molar-refractivity contribution in [1.82, 2.24) is 0 Å². The van der Waals surface area contributed by atoms with Crippen LogP contribution in [0.4, 0.5) is 0 Å². The standard InChI is InChI=1S/C13H15ClN2O/c1-2-17-11-4-3-9(7-10(11)14)12(16)13(8-15)5-6-13/h3-4,7,12H,2,5-6,16H2,1H3. The third-order valence-corrected chi connectivity index (χ3v) is 3.52. The summed E-state index contributed by atoms with van der Waals surface area (Å²) >= 11 is 6.10. The molecule has 17 heavy (non-hydrogen) atoms. The Balaban J connectivity index is 2.23. The van der Waals surface area contributed by atoms with Crippen LogP contribution in [0.25, 0.3) is 0 Å². The minimum Gasteiger partial charge on any atom is -0.492 e. The van der Waals surface area contributed by atoms with Crippen LogP contribution in [0.1, 0.15) is 31.4 Å². The molecule has 1 aromatic rings. The van der Waals surface area contributed by atoms with Crippen molar-refractivity contribution in [1.29, 1.82) is 5.26 Å². The first-order valence-electron chi connectivity index (χ1n) is 5.72. The van der Waals surface area contributed by atoms with E-state index in [0.717, 1.165) is 18.4 Å². The highest BCUT2D eigenvalue weighted by molar-refractivity contribution is 6.32. The maximum atomic E-state index is 9.11. The van der Waals surface area contributed by atoms with Gasteiger partial charge in [-0.15, -0.1) is 0 Å². The summed E-state index contributed by atoms with van der Waals surface area (Å²) in [4.78, 5) is 0. The highest BCUT2D eigenvalue weighted by Crippen LogP contribution is 2.53. The molecule has 0 heterocycles. The SMILES string of the molecule is CCOc1ccc(C(N)C2(C#N)CC2)cc1Cl. The van der Waals surface area contributed by atoms with Gasteiger partial charge in [0.05, 0.1) is 23.1 Å². The van der Waals surface area contributed by atoms with Gasteiger partial charge >= 0.3 is 0 Å². The Kier molecular flexibility index (Phi) is 3.28. The van der Waals surface area contributed by atoms with E-state index in [1.54, 1.807) is 6.07 Å². The van der Waals surface area contributed by atoms with Crippen LogP contribution in [0.2, 0.25) is 5.02 Å². The minimum atomic E-state index is -0.379. The van der Waals surface area contributed by atoms with E-state index < -0.39 is 0 Å². The van der Waals surface area contributed by atoms with E-state index in [0.29, 0.717) is 17.4 Å². The van der Waals surface area contributed by atoms with Gasteiger partial charge in [-0.3, -0.25) is 0 Å². The molecule has 0 bridgehead atoms. The summed E-state index contributed by atoms with van der Waals surface area (Å²) in [5, 5.41) is 9.66. The first-order valence-corrected chi connectivity index (χ1v) is 6.10. The van der Waals surface area contributed by atoms with Crippen LogP contribution in [0, 0.1) is 16.7 Å². The van der Waals surface area contributed by atoms with Gasteiger partial charge in [-0.1, -0.05) is 17.7 Å². The Morgan fingerprint density at radius 3 is 2.76 bits per heavy atom. The Morgan fingerprint density at radius 2 is 2.29 bits per heavy atom. The summed E-state index contributed by atoms with van der Waals surface area (Å²) in [5.74, 6) is 0.659. The van der Waals surface area contributed by atoms with Crippen LogP contribution < -0.4 is 10.5 Å². The molecule has 90 valence electrons. The number of hydrogen-bond donors (Lipinski definition) is 1. The van der Waals surface area contributed by atoms with Crippen LogP contribution in [0.3, 0.4) is 0 Å². The van der Waals surface area contributed by atoms with Gasteiger partial charge in [-0.05, 0) is 37.5 Å². The lowest BCUT2D eigenvalue weighted by Gasteiger charge is -2.17. The van der Waals surface area contributed by atoms with Crippen molar-refractivity contribution >= 4 is 11.6 Å². The van der Waals surface area contributed by atoms with Crippen LogP contribution in [0.15, 0.2) is 18.2 Å². The molecule has 0 amide bonds. The fourth-order valence-electron chi connectivity index (χ4n) is 1.93. The van der Waals surface area contributed by atoms with E-state index >= 15 is 0 Å². The summed E-state index contributed by atoms with van der Waals surface area (Å²) in [6.07, 6.45) is 1.74. The predicted octanol–water partition coefficient (Wildman–Crippen LogP) is 3.04. The summed E-state index contributed by atoms with van der Waals surface area (Å²) in [6, 6.07) is 7.55. The predicted molar refractivity (Wildman–Crippen MR) is 66.8 cm³/mol. The molecule has 0 radical (unpaired) electrons. The molecule has 0 saturated heterocycles. The lowest BCUT2D eigenvalue weighted by molar-refractivity contribution is 0.340. The number of hydrogen-bond acceptors (Lipinski definition) is 3. The van der Waals surface area contributed by atoms with Crippen molar-refractivity contribution in [2.45, 2.75) is 25.8 Å². The maximum Gasteiger partial charge on any atom is 0.137 e. The first-order chi connectivity index (χ1) is 8.13. The highest BCUT2D eigenvalue weighted by Gasteiger charge is 2.49. The van der Waals surface area contributed by atoms with E-state index in [1.807, 2.05) is 19.1 Å². The highest BCUT2D eigenvalue weighted by atomic mass is 35.5. The number of benzene rings is 1. The van der Waals surface area contributed by atoms with Crippen LogP contribution in [0.5, 0.6) is 5.75 Å². The number of nitrogens with two attached hydrogens (primary N) is 1. The van der Waals surface area contributed by atoms with Crippen molar-refractivity contribution in [3.63, 3.8) is 0 Å². The van der Waals surface area contributed by atoms with Gasteiger partial charge in [-0.25, -0.2) is 0 Å². The van der Waals surface area contributed by atoms with Crippen LogP contribution >= 0.6 is 11.6 Å². The summed E-state index contributed by atoms with van der Waals surface area (Å²) in [6.45, 7) is 2.48. The molecule has 2 rings (SSSR count). The lowest BCUT2D eigenvalue weighted by atomic mass is 9.92. The lowest BCUT2D eigenvalue weighted by Crippen LogP contribution is -2.21. The van der Waals surface area contributed by atoms with Gasteiger partial charge in [0.25, 0.3) is 0 Å². The second kappa shape index (κ2) is 4.56. The topological polar surface area (TPSA) is 59.0 Å². The molecule has 3 nitrogen and oxygen atoms in total. The number of nitrogens with zero attached hydrogens (tertiary/aromatic N) is 1. The quantitative estimate of drug-likeness (QED) is 0.894. The minimum absolute atomic E-state index is 0.263. The number of halogens is 1. The fraction of sp³-hybridized carbons (Fsp3) is 0.462. The van der Waals surface area contributed by atoms with Crippen molar-refractivity contribution in [3.05, 3.63) is 28.8 Å². The maximum absolute atomic E-state index is 9.11. The van der Waals surface area contributed by atoms with Crippen LogP contribution in [-0.4, -0.2) is 6.61 Å². The molecule has 1 fully saturated rings. The summed E-state index contributed by atoms with van der Waals surface area (Å²) < 4.78 is 5.36. The molecule has 1 atom stereocenters. The molecule has 1 unspecified atom stereocenters. The summed E-state index contributed by atoms with van der Waals surface area (Å²) in [7, 11) is 0. The average Bonchev–Trinajstić information content (AvgIpc) is 3.12. The van der Waals surface area contributed by atoms with Gasteiger partial charge in [0, 0.05) is 6.04 Å². The normalized spacial score (nSPS) is 18.2. The fourth-order valence-corrected chi connectivity index (χ4v) is 2.17. The molecule has 1 aliphatic carbocycles. The van der Waals surface area contributed by atoms with Gasteiger partial charge in [-0.2, -0.15) is 5.26 Å². The molecule has 1 aliphatic rings. The molecule has 0 spiro atoms. The zero-order valence-corrected chi connectivity index (χ0v) is 10.5. The Morgan fingerprint density at radius 1 is 1.59 bits per heavy atom. The van der Waals surface area contributed by atoms with E-state index in [4.69, 9.17) is 27.3 Å². The third-order valence-electron chi connectivity index (χ3n) is 3.22. The largest absolute Gasteiger partial charge is 0.492 e. The van der Waals surface area contributed by atoms with Crippen molar-refractivity contribution in [3.8, 4) is 11.8 Å². The van der Waals surface area contributed by atoms with Gasteiger partial charge in [0.15, 0.2) is 0 Å². The third kappa shape index (κ3) is 2.24. The second-order valence-corrected chi connectivity index (χ2v) is 4.78. The van der Waals surface area contributed by atoms with Crippen molar-refractivity contribution < 1.29 is 4.74 Å². The van der Waals surface area contributed by atoms with Crippen molar-refractivity contribution in [2.24, 2.45) is 11.1 Å². The molecule has 2 N–H and O–H groups in total. The molecular weight excluding hydrogens is 236 g/mol. The number of nitriles is 1. The average molecular weight is 251 g/mol. The zero-order chi connectivity index (χ0) is 12.5. The van der Waals surface area contributed by atoms with Gasteiger partial charge in [0.1, 0.15) is 5.75 Å². The monoisotopic (exact) mass is 250 g/mol. The van der Waals surface area contributed by atoms with Gasteiger partial charge < -0.3 is 10.5 Å². The van der Waals surface area contributed by atoms with E-state index in [-0.39, 0.29) is 11.5 Å². The molecule has 1 saturated carbocycles. The van der Waals surface area contributed by atoms with Crippen molar-refractivity contribution in [2.75, 3.05) is 6.61 Å². The van der Waals surface area contributed by atoms with E-state index in [9.17, 15) is 0 Å². The molecular formula is C13H15ClN2O. The molecule has 4 heteroatoms. The number of ether oxygens (including phenoxy) is 1. The Hall–Kier alpha value is -1.24. The molecule has 1 aromatic carbocycles.